The molecule has 1 aromatic rings. The first-order valence-corrected chi connectivity index (χ1v) is 7.34. The van der Waals surface area contributed by atoms with Gasteiger partial charge in [-0.25, -0.2) is 0 Å². The Morgan fingerprint density at radius 3 is 2.70 bits per heavy atom. The highest BCUT2D eigenvalue weighted by Crippen LogP contribution is 2.18. The summed E-state index contributed by atoms with van der Waals surface area (Å²) in [6.45, 7) is 3.57. The molecule has 20 heavy (non-hydrogen) atoms. The topological polar surface area (TPSA) is 41.6 Å². The van der Waals surface area contributed by atoms with E-state index >= 15 is 0 Å². The second-order valence-electron chi connectivity index (χ2n) is 5.32. The average Bonchev–Trinajstić information content (AvgIpc) is 3.29. The van der Waals surface area contributed by atoms with E-state index in [4.69, 9.17) is 4.74 Å². The standard InChI is InChI=1S/C16H24N2O2/c1-20-16(19)9-11-18(12-10-17-15-7-8-15)13-14-5-3-2-4-6-14/h2-6,15,17H,7-13H2,1H3. The normalized spacial score (nSPS) is 14.5. The summed E-state index contributed by atoms with van der Waals surface area (Å²) in [5, 5.41) is 3.52. The van der Waals surface area contributed by atoms with Crippen molar-refractivity contribution in [3.63, 3.8) is 0 Å². The molecule has 0 aromatic heterocycles. The molecule has 1 aromatic carbocycles. The first kappa shape index (κ1) is 15.0. The van der Waals surface area contributed by atoms with Crippen LogP contribution in [0.2, 0.25) is 0 Å². The lowest BCUT2D eigenvalue weighted by molar-refractivity contribution is -0.141. The number of hydrogen-bond acceptors (Lipinski definition) is 4. The van der Waals surface area contributed by atoms with Gasteiger partial charge in [-0.3, -0.25) is 9.69 Å². The number of hydrogen-bond donors (Lipinski definition) is 1. The van der Waals surface area contributed by atoms with Gasteiger partial charge in [-0.05, 0) is 18.4 Å². The predicted octanol–water partition coefficient (Wildman–Crippen LogP) is 1.80. The van der Waals surface area contributed by atoms with Gasteiger partial charge in [0.2, 0.25) is 0 Å². The molecular formula is C16H24N2O2. The van der Waals surface area contributed by atoms with Crippen LogP contribution in [-0.4, -0.2) is 43.7 Å². The molecule has 0 amide bonds. The number of methoxy groups -OCH3 is 1. The minimum absolute atomic E-state index is 0.141. The maximum atomic E-state index is 11.3. The fraction of sp³-hybridized carbons (Fsp3) is 0.562. The number of ether oxygens (including phenoxy) is 1. The quantitative estimate of drug-likeness (QED) is 0.698. The van der Waals surface area contributed by atoms with Crippen molar-refractivity contribution < 1.29 is 9.53 Å². The highest BCUT2D eigenvalue weighted by Gasteiger charge is 2.20. The van der Waals surface area contributed by atoms with Gasteiger partial charge in [-0.15, -0.1) is 0 Å². The fourth-order valence-electron chi connectivity index (χ4n) is 2.18. The molecule has 0 unspecified atom stereocenters. The molecule has 0 spiro atoms. The molecule has 1 aliphatic rings. The third kappa shape index (κ3) is 5.72. The van der Waals surface area contributed by atoms with Crippen LogP contribution in [0.4, 0.5) is 0 Å². The lowest BCUT2D eigenvalue weighted by atomic mass is 10.2. The van der Waals surface area contributed by atoms with Gasteiger partial charge < -0.3 is 10.1 Å². The molecule has 4 heteroatoms. The van der Waals surface area contributed by atoms with Crippen LogP contribution in [0.3, 0.4) is 0 Å². The predicted molar refractivity (Wildman–Crippen MR) is 79.4 cm³/mol. The zero-order valence-electron chi connectivity index (χ0n) is 12.2. The zero-order chi connectivity index (χ0) is 14.2. The third-order valence-electron chi connectivity index (χ3n) is 3.55. The molecule has 1 N–H and O–H groups in total. The summed E-state index contributed by atoms with van der Waals surface area (Å²) >= 11 is 0. The van der Waals surface area contributed by atoms with Crippen LogP contribution in [0.25, 0.3) is 0 Å². The number of carbonyl (C=O) groups is 1. The smallest absolute Gasteiger partial charge is 0.306 e. The molecule has 0 radical (unpaired) electrons. The van der Waals surface area contributed by atoms with Crippen LogP contribution in [0.5, 0.6) is 0 Å². The van der Waals surface area contributed by atoms with Gasteiger partial charge in [0, 0.05) is 32.2 Å². The van der Waals surface area contributed by atoms with E-state index in [1.807, 2.05) is 6.07 Å². The number of esters is 1. The Kier molecular flexibility index (Phi) is 6.02. The summed E-state index contributed by atoms with van der Waals surface area (Å²) in [5.74, 6) is -0.141. The maximum Gasteiger partial charge on any atom is 0.306 e. The van der Waals surface area contributed by atoms with Gasteiger partial charge in [0.1, 0.15) is 0 Å². The van der Waals surface area contributed by atoms with E-state index in [-0.39, 0.29) is 5.97 Å². The summed E-state index contributed by atoms with van der Waals surface area (Å²) in [6, 6.07) is 11.1. The van der Waals surface area contributed by atoms with Crippen molar-refractivity contribution in [3.05, 3.63) is 35.9 Å². The first-order valence-electron chi connectivity index (χ1n) is 7.34. The molecular weight excluding hydrogens is 252 g/mol. The van der Waals surface area contributed by atoms with Crippen molar-refractivity contribution >= 4 is 5.97 Å². The summed E-state index contributed by atoms with van der Waals surface area (Å²) in [7, 11) is 1.44. The van der Waals surface area contributed by atoms with E-state index in [0.29, 0.717) is 6.42 Å². The Hall–Kier alpha value is -1.39. The zero-order valence-corrected chi connectivity index (χ0v) is 12.2. The number of carbonyl (C=O) groups excluding carboxylic acids is 1. The van der Waals surface area contributed by atoms with Crippen LogP contribution in [0.15, 0.2) is 30.3 Å². The minimum Gasteiger partial charge on any atom is -0.469 e. The Labute approximate surface area is 121 Å². The molecule has 0 saturated heterocycles. The van der Waals surface area contributed by atoms with Gasteiger partial charge >= 0.3 is 5.97 Å². The Balaban J connectivity index is 1.79. The fourth-order valence-corrected chi connectivity index (χ4v) is 2.18. The highest BCUT2D eigenvalue weighted by molar-refractivity contribution is 5.69. The molecule has 1 fully saturated rings. The van der Waals surface area contributed by atoms with Crippen molar-refractivity contribution in [1.82, 2.24) is 10.2 Å². The van der Waals surface area contributed by atoms with Gasteiger partial charge in [-0.1, -0.05) is 30.3 Å². The minimum atomic E-state index is -0.141. The second-order valence-corrected chi connectivity index (χ2v) is 5.32. The monoisotopic (exact) mass is 276 g/mol. The SMILES string of the molecule is COC(=O)CCN(CCNC1CC1)Cc1ccccc1. The second kappa shape index (κ2) is 8.02. The number of rotatable bonds is 9. The van der Waals surface area contributed by atoms with E-state index in [1.165, 1.54) is 25.5 Å². The largest absolute Gasteiger partial charge is 0.469 e. The molecule has 4 nitrogen and oxygen atoms in total. The van der Waals surface area contributed by atoms with Crippen molar-refractivity contribution in [2.24, 2.45) is 0 Å². The summed E-state index contributed by atoms with van der Waals surface area (Å²) in [4.78, 5) is 13.6. The molecule has 0 bridgehead atoms. The molecule has 0 aliphatic heterocycles. The highest BCUT2D eigenvalue weighted by atomic mass is 16.5. The van der Waals surface area contributed by atoms with E-state index in [9.17, 15) is 4.79 Å². The Bertz CT molecular complexity index is 404. The molecule has 0 heterocycles. The third-order valence-corrected chi connectivity index (χ3v) is 3.55. The number of nitrogens with zero attached hydrogens (tertiary/aromatic N) is 1. The summed E-state index contributed by atoms with van der Waals surface area (Å²) in [6.07, 6.45) is 3.06. The molecule has 0 atom stereocenters. The molecule has 2 rings (SSSR count). The Morgan fingerprint density at radius 2 is 2.05 bits per heavy atom. The van der Waals surface area contributed by atoms with Gasteiger partial charge in [0.25, 0.3) is 0 Å². The molecule has 1 saturated carbocycles. The van der Waals surface area contributed by atoms with Crippen molar-refractivity contribution in [2.75, 3.05) is 26.7 Å². The van der Waals surface area contributed by atoms with Crippen LogP contribution in [0, 0.1) is 0 Å². The van der Waals surface area contributed by atoms with Crippen LogP contribution >= 0.6 is 0 Å². The van der Waals surface area contributed by atoms with E-state index in [2.05, 4.69) is 34.5 Å². The number of nitrogens with one attached hydrogen (secondary N) is 1. The lowest BCUT2D eigenvalue weighted by Gasteiger charge is -2.22. The van der Waals surface area contributed by atoms with Crippen molar-refractivity contribution in [2.45, 2.75) is 31.8 Å². The van der Waals surface area contributed by atoms with Crippen LogP contribution < -0.4 is 5.32 Å². The average molecular weight is 276 g/mol. The summed E-state index contributed by atoms with van der Waals surface area (Å²) in [5.41, 5.74) is 1.28. The lowest BCUT2D eigenvalue weighted by Crippen LogP contribution is -2.34. The van der Waals surface area contributed by atoms with Crippen LogP contribution in [-0.2, 0) is 16.1 Å². The van der Waals surface area contributed by atoms with Crippen LogP contribution in [0.1, 0.15) is 24.8 Å². The van der Waals surface area contributed by atoms with Gasteiger partial charge in [0.15, 0.2) is 0 Å². The number of benzene rings is 1. The Morgan fingerprint density at radius 1 is 1.30 bits per heavy atom. The molecule has 110 valence electrons. The van der Waals surface area contributed by atoms with Gasteiger partial charge in [-0.2, -0.15) is 0 Å². The van der Waals surface area contributed by atoms with E-state index < -0.39 is 0 Å². The first-order chi connectivity index (χ1) is 9.78. The van der Waals surface area contributed by atoms with E-state index in [1.54, 1.807) is 0 Å². The summed E-state index contributed by atoms with van der Waals surface area (Å²) < 4.78 is 4.72. The van der Waals surface area contributed by atoms with Gasteiger partial charge in [0.05, 0.1) is 13.5 Å². The van der Waals surface area contributed by atoms with Crippen molar-refractivity contribution in [1.29, 1.82) is 0 Å². The van der Waals surface area contributed by atoms with E-state index in [0.717, 1.165) is 32.2 Å². The van der Waals surface area contributed by atoms with Crippen molar-refractivity contribution in [3.8, 4) is 0 Å². The maximum absolute atomic E-state index is 11.3. The molecule has 1 aliphatic carbocycles.